The lowest BCUT2D eigenvalue weighted by atomic mass is 10.0. The lowest BCUT2D eigenvalue weighted by molar-refractivity contribution is -0.118. The van der Waals surface area contributed by atoms with E-state index in [-0.39, 0.29) is 28.2 Å². The van der Waals surface area contributed by atoms with Gasteiger partial charge in [0.25, 0.3) is 11.8 Å². The number of ether oxygens (including phenoxy) is 1. The number of aryl methyl sites for hydroxylation is 2. The fraction of sp³-hybridized carbons (Fsp3) is 0.115. The molecule has 0 atom stereocenters. The van der Waals surface area contributed by atoms with Crippen molar-refractivity contribution < 1.29 is 18.7 Å². The molecule has 0 radical (unpaired) electrons. The molecule has 0 saturated carbocycles. The van der Waals surface area contributed by atoms with Crippen LogP contribution in [0.2, 0.25) is 0 Å². The molecule has 4 rings (SSSR count). The minimum Gasteiger partial charge on any atom is -0.476 e. The predicted octanol–water partition coefficient (Wildman–Crippen LogP) is 4.19. The predicted molar refractivity (Wildman–Crippen MR) is 126 cm³/mol. The maximum atomic E-state index is 13.3. The standard InChI is InChI=1S/C26H22N2O5/c1-15-12-19-21(13-16(15)2)33-24(17-8-4-3-5-9-17)25(23(19)30)32-14-22(29)28-20-11-7-6-10-18(20)26(27)31/h3-13H,14H2,1-2H3,(H2,27,31)(H,28,29). The molecular weight excluding hydrogens is 420 g/mol. The van der Waals surface area contributed by atoms with Crippen LogP contribution in [0.3, 0.4) is 0 Å². The monoisotopic (exact) mass is 442 g/mol. The van der Waals surface area contributed by atoms with Crippen LogP contribution >= 0.6 is 0 Å². The van der Waals surface area contributed by atoms with Crippen molar-refractivity contribution in [1.29, 1.82) is 0 Å². The summed E-state index contributed by atoms with van der Waals surface area (Å²) >= 11 is 0. The third-order valence-electron chi connectivity index (χ3n) is 5.32. The number of amides is 2. The summed E-state index contributed by atoms with van der Waals surface area (Å²) in [5, 5.41) is 2.96. The summed E-state index contributed by atoms with van der Waals surface area (Å²) < 4.78 is 11.8. The van der Waals surface area contributed by atoms with Gasteiger partial charge in [0.1, 0.15) is 5.58 Å². The van der Waals surface area contributed by atoms with Gasteiger partial charge in [-0.1, -0.05) is 42.5 Å². The molecule has 0 saturated heterocycles. The minimum absolute atomic E-state index is 0.0599. The van der Waals surface area contributed by atoms with E-state index in [1.807, 2.05) is 38.1 Å². The number of carbonyl (C=O) groups is 2. The summed E-state index contributed by atoms with van der Waals surface area (Å²) in [4.78, 5) is 37.5. The second kappa shape index (κ2) is 9.00. The molecule has 3 N–H and O–H groups in total. The van der Waals surface area contributed by atoms with Crippen LogP contribution in [0.4, 0.5) is 5.69 Å². The number of hydrogen-bond acceptors (Lipinski definition) is 5. The molecule has 7 nitrogen and oxygen atoms in total. The lowest BCUT2D eigenvalue weighted by Gasteiger charge is -2.13. The first-order chi connectivity index (χ1) is 15.8. The van der Waals surface area contributed by atoms with E-state index in [1.54, 1.807) is 36.4 Å². The Bertz CT molecular complexity index is 1420. The fourth-order valence-corrected chi connectivity index (χ4v) is 3.47. The van der Waals surface area contributed by atoms with E-state index >= 15 is 0 Å². The Labute approximate surface area is 189 Å². The van der Waals surface area contributed by atoms with Crippen LogP contribution in [0.1, 0.15) is 21.5 Å². The summed E-state index contributed by atoms with van der Waals surface area (Å²) in [5.74, 6) is -1.04. The summed E-state index contributed by atoms with van der Waals surface area (Å²) in [6, 6.07) is 19.0. The highest BCUT2D eigenvalue weighted by Gasteiger charge is 2.20. The number of benzene rings is 3. The number of anilines is 1. The third-order valence-corrected chi connectivity index (χ3v) is 5.32. The molecule has 3 aromatic carbocycles. The summed E-state index contributed by atoms with van der Waals surface area (Å²) in [6.45, 7) is 3.38. The van der Waals surface area contributed by atoms with Gasteiger partial charge in [0.2, 0.25) is 11.2 Å². The highest BCUT2D eigenvalue weighted by Crippen LogP contribution is 2.31. The van der Waals surface area contributed by atoms with Gasteiger partial charge < -0.3 is 20.2 Å². The molecule has 33 heavy (non-hydrogen) atoms. The Morgan fingerprint density at radius 1 is 0.970 bits per heavy atom. The maximum absolute atomic E-state index is 13.3. The number of carbonyl (C=O) groups excluding carboxylic acids is 2. The van der Waals surface area contributed by atoms with E-state index in [4.69, 9.17) is 14.9 Å². The van der Waals surface area contributed by atoms with E-state index in [0.717, 1.165) is 11.1 Å². The Balaban J connectivity index is 1.70. The van der Waals surface area contributed by atoms with Crippen LogP contribution in [0.25, 0.3) is 22.3 Å². The van der Waals surface area contributed by atoms with Crippen LogP contribution < -0.4 is 21.2 Å². The van der Waals surface area contributed by atoms with E-state index in [0.29, 0.717) is 16.5 Å². The zero-order valence-corrected chi connectivity index (χ0v) is 18.2. The van der Waals surface area contributed by atoms with E-state index in [2.05, 4.69) is 5.32 Å². The van der Waals surface area contributed by atoms with Crippen molar-refractivity contribution in [2.75, 3.05) is 11.9 Å². The quantitative estimate of drug-likeness (QED) is 0.465. The van der Waals surface area contributed by atoms with Gasteiger partial charge in [-0.3, -0.25) is 14.4 Å². The highest BCUT2D eigenvalue weighted by molar-refractivity contribution is 6.03. The summed E-state index contributed by atoms with van der Waals surface area (Å²) in [6.07, 6.45) is 0. The van der Waals surface area contributed by atoms with Gasteiger partial charge in [0.05, 0.1) is 16.6 Å². The molecule has 0 spiro atoms. The van der Waals surface area contributed by atoms with E-state index in [1.165, 1.54) is 6.07 Å². The number of para-hydroxylation sites is 1. The molecule has 0 bridgehead atoms. The first kappa shape index (κ1) is 21.8. The zero-order chi connectivity index (χ0) is 23.5. The van der Waals surface area contributed by atoms with Gasteiger partial charge in [0.15, 0.2) is 12.4 Å². The van der Waals surface area contributed by atoms with Crippen molar-refractivity contribution in [2.24, 2.45) is 5.73 Å². The molecule has 166 valence electrons. The Kier molecular flexibility index (Phi) is 5.95. The molecule has 0 fully saturated rings. The largest absolute Gasteiger partial charge is 0.476 e. The van der Waals surface area contributed by atoms with Gasteiger partial charge >= 0.3 is 0 Å². The van der Waals surface area contributed by atoms with Crippen LogP contribution in [-0.4, -0.2) is 18.4 Å². The summed E-state index contributed by atoms with van der Waals surface area (Å²) in [5.41, 5.74) is 8.44. The number of nitrogens with two attached hydrogens (primary N) is 1. The molecule has 0 aliphatic carbocycles. The average Bonchev–Trinajstić information content (AvgIpc) is 2.80. The molecule has 2 amide bonds. The van der Waals surface area contributed by atoms with Crippen molar-refractivity contribution >= 4 is 28.5 Å². The topological polar surface area (TPSA) is 112 Å². The number of hydrogen-bond donors (Lipinski definition) is 2. The van der Waals surface area contributed by atoms with Gasteiger partial charge in [-0.15, -0.1) is 0 Å². The molecule has 4 aromatic rings. The number of rotatable bonds is 6. The Morgan fingerprint density at radius 2 is 1.64 bits per heavy atom. The van der Waals surface area contributed by atoms with E-state index < -0.39 is 18.4 Å². The van der Waals surface area contributed by atoms with Crippen molar-refractivity contribution in [3.05, 3.63) is 93.6 Å². The minimum atomic E-state index is -0.668. The van der Waals surface area contributed by atoms with Gasteiger partial charge in [-0.25, -0.2) is 0 Å². The van der Waals surface area contributed by atoms with Crippen molar-refractivity contribution in [2.45, 2.75) is 13.8 Å². The maximum Gasteiger partial charge on any atom is 0.262 e. The zero-order valence-electron chi connectivity index (χ0n) is 18.2. The van der Waals surface area contributed by atoms with E-state index in [9.17, 15) is 14.4 Å². The van der Waals surface area contributed by atoms with Crippen molar-refractivity contribution in [3.63, 3.8) is 0 Å². The number of primary amides is 1. The van der Waals surface area contributed by atoms with Crippen LogP contribution in [0, 0.1) is 13.8 Å². The molecule has 0 unspecified atom stereocenters. The Morgan fingerprint density at radius 3 is 2.36 bits per heavy atom. The first-order valence-electron chi connectivity index (χ1n) is 10.3. The second-order valence-electron chi connectivity index (χ2n) is 7.63. The molecule has 0 aliphatic rings. The number of nitrogens with one attached hydrogen (secondary N) is 1. The first-order valence-corrected chi connectivity index (χ1v) is 10.3. The summed E-state index contributed by atoms with van der Waals surface area (Å²) in [7, 11) is 0. The van der Waals surface area contributed by atoms with Gasteiger partial charge in [0, 0.05) is 5.56 Å². The second-order valence-corrected chi connectivity index (χ2v) is 7.63. The van der Waals surface area contributed by atoms with Crippen molar-refractivity contribution in [1.82, 2.24) is 0 Å². The van der Waals surface area contributed by atoms with Crippen LogP contribution in [0.15, 0.2) is 75.9 Å². The highest BCUT2D eigenvalue weighted by atomic mass is 16.5. The molecular formula is C26H22N2O5. The molecule has 1 aromatic heterocycles. The third kappa shape index (κ3) is 4.48. The van der Waals surface area contributed by atoms with Crippen molar-refractivity contribution in [3.8, 4) is 17.1 Å². The smallest absolute Gasteiger partial charge is 0.262 e. The molecule has 7 heteroatoms. The lowest BCUT2D eigenvalue weighted by Crippen LogP contribution is -2.24. The fourth-order valence-electron chi connectivity index (χ4n) is 3.47. The van der Waals surface area contributed by atoms with Gasteiger partial charge in [-0.05, 0) is 49.2 Å². The van der Waals surface area contributed by atoms with Crippen LogP contribution in [0.5, 0.6) is 5.75 Å². The average molecular weight is 442 g/mol. The Hall–Kier alpha value is -4.39. The van der Waals surface area contributed by atoms with Gasteiger partial charge in [-0.2, -0.15) is 0 Å². The van der Waals surface area contributed by atoms with Crippen LogP contribution in [-0.2, 0) is 4.79 Å². The number of fused-ring (bicyclic) bond motifs is 1. The molecule has 1 heterocycles. The molecule has 0 aliphatic heterocycles. The normalized spacial score (nSPS) is 10.7. The SMILES string of the molecule is Cc1cc2oc(-c3ccccc3)c(OCC(=O)Nc3ccccc3C(N)=O)c(=O)c2cc1C.